The van der Waals surface area contributed by atoms with Crippen LogP contribution >= 0.6 is 11.6 Å². The fourth-order valence-electron chi connectivity index (χ4n) is 3.74. The van der Waals surface area contributed by atoms with Gasteiger partial charge in [-0.05, 0) is 42.3 Å². The number of halogens is 1. The summed E-state index contributed by atoms with van der Waals surface area (Å²) < 4.78 is 10.4. The van der Waals surface area contributed by atoms with Crippen molar-refractivity contribution in [1.29, 1.82) is 0 Å². The third kappa shape index (κ3) is 4.54. The molecule has 1 aliphatic rings. The van der Waals surface area contributed by atoms with Gasteiger partial charge in [0.2, 0.25) is 0 Å². The van der Waals surface area contributed by atoms with E-state index in [1.54, 1.807) is 43.5 Å². The molecular formula is C24H26ClNO5. The van der Waals surface area contributed by atoms with E-state index in [0.29, 0.717) is 28.6 Å². The summed E-state index contributed by atoms with van der Waals surface area (Å²) in [5, 5.41) is 11.4. The predicted molar refractivity (Wildman–Crippen MR) is 120 cm³/mol. The minimum Gasteiger partial charge on any atom is -0.507 e. The van der Waals surface area contributed by atoms with Gasteiger partial charge in [-0.15, -0.1) is 0 Å². The first-order valence-electron chi connectivity index (χ1n) is 10.2. The predicted octanol–water partition coefficient (Wildman–Crippen LogP) is 4.97. The lowest BCUT2D eigenvalue weighted by Gasteiger charge is -2.25. The van der Waals surface area contributed by atoms with Gasteiger partial charge in [0.15, 0.2) is 0 Å². The highest BCUT2D eigenvalue weighted by atomic mass is 35.5. The van der Waals surface area contributed by atoms with Crippen molar-refractivity contribution in [1.82, 2.24) is 4.90 Å². The Labute approximate surface area is 187 Å². The van der Waals surface area contributed by atoms with Crippen molar-refractivity contribution in [2.75, 3.05) is 20.8 Å². The van der Waals surface area contributed by atoms with Gasteiger partial charge in [-0.1, -0.05) is 43.5 Å². The van der Waals surface area contributed by atoms with E-state index in [0.717, 1.165) is 24.8 Å². The van der Waals surface area contributed by atoms with Crippen molar-refractivity contribution >= 4 is 29.1 Å². The summed E-state index contributed by atoms with van der Waals surface area (Å²) in [5.74, 6) is -0.472. The van der Waals surface area contributed by atoms with Crippen molar-refractivity contribution < 1.29 is 24.2 Å². The standard InChI is InChI=1S/C24H26ClNO5/c1-4-5-6-13-26-21(15-7-10-17(30-2)11-8-15)20(23(28)24(26)29)22(27)16-9-12-19(31-3)18(25)14-16/h7-12,14,21,27H,4-6,13H2,1-3H3/b22-20-. The number of ether oxygens (including phenoxy) is 2. The van der Waals surface area contributed by atoms with Crippen LogP contribution in [0, 0.1) is 0 Å². The molecule has 0 radical (unpaired) electrons. The number of carbonyl (C=O) groups is 2. The number of ketones is 1. The van der Waals surface area contributed by atoms with Crippen LogP contribution in [0.25, 0.3) is 5.76 Å². The SMILES string of the molecule is CCCCCN1C(=O)C(=O)/C(=C(\O)c2ccc(OC)c(Cl)c2)C1c1ccc(OC)cc1. The van der Waals surface area contributed by atoms with Crippen molar-refractivity contribution in [3.8, 4) is 11.5 Å². The molecule has 0 aromatic heterocycles. The van der Waals surface area contributed by atoms with Crippen molar-refractivity contribution in [3.05, 3.63) is 64.2 Å². The Morgan fingerprint density at radius 3 is 2.35 bits per heavy atom. The molecule has 1 fully saturated rings. The number of rotatable bonds is 8. The van der Waals surface area contributed by atoms with Crippen LogP contribution in [0.3, 0.4) is 0 Å². The van der Waals surface area contributed by atoms with Crippen LogP contribution in [0.15, 0.2) is 48.0 Å². The number of carbonyl (C=O) groups excluding carboxylic acids is 2. The van der Waals surface area contributed by atoms with Gasteiger partial charge in [0.05, 0.1) is 30.9 Å². The number of Topliss-reactive ketones (excluding diaryl/α,β-unsaturated/α-hetero) is 1. The average Bonchev–Trinajstić information content (AvgIpc) is 3.03. The topological polar surface area (TPSA) is 76.1 Å². The highest BCUT2D eigenvalue weighted by Crippen LogP contribution is 2.40. The van der Waals surface area contributed by atoms with Gasteiger partial charge in [-0.3, -0.25) is 9.59 Å². The molecule has 0 bridgehead atoms. The highest BCUT2D eigenvalue weighted by Gasteiger charge is 2.45. The zero-order chi connectivity index (χ0) is 22.5. The third-order valence-corrected chi connectivity index (χ3v) is 5.69. The number of hydrogen-bond donors (Lipinski definition) is 1. The normalized spacial score (nSPS) is 17.8. The molecule has 164 valence electrons. The number of aliphatic hydroxyl groups excluding tert-OH is 1. The number of unbranched alkanes of at least 4 members (excludes halogenated alkanes) is 2. The largest absolute Gasteiger partial charge is 0.507 e. The fraction of sp³-hybridized carbons (Fsp3) is 0.333. The molecule has 3 rings (SSSR count). The molecule has 1 saturated heterocycles. The lowest BCUT2D eigenvalue weighted by Crippen LogP contribution is -2.30. The van der Waals surface area contributed by atoms with Gasteiger partial charge in [-0.2, -0.15) is 0 Å². The van der Waals surface area contributed by atoms with E-state index in [9.17, 15) is 14.7 Å². The maximum Gasteiger partial charge on any atom is 0.295 e. The van der Waals surface area contributed by atoms with Crippen LogP contribution in [0.5, 0.6) is 11.5 Å². The van der Waals surface area contributed by atoms with Gasteiger partial charge in [-0.25, -0.2) is 0 Å². The molecule has 1 atom stereocenters. The smallest absolute Gasteiger partial charge is 0.295 e. The Hall–Kier alpha value is -2.99. The van der Waals surface area contributed by atoms with Crippen LogP contribution in [-0.2, 0) is 9.59 Å². The second-order valence-electron chi connectivity index (χ2n) is 7.32. The number of likely N-dealkylation sites (tertiary alicyclic amines) is 1. The summed E-state index contributed by atoms with van der Waals surface area (Å²) >= 11 is 6.21. The molecule has 1 N–H and O–H groups in total. The molecular weight excluding hydrogens is 418 g/mol. The van der Waals surface area contributed by atoms with Gasteiger partial charge in [0.1, 0.15) is 17.3 Å². The molecule has 0 saturated carbocycles. The van der Waals surface area contributed by atoms with Crippen LogP contribution in [-0.4, -0.2) is 42.5 Å². The van der Waals surface area contributed by atoms with E-state index in [-0.39, 0.29) is 11.3 Å². The second kappa shape index (κ2) is 9.88. The summed E-state index contributed by atoms with van der Waals surface area (Å²) in [6.45, 7) is 2.50. The average molecular weight is 444 g/mol. The molecule has 2 aromatic rings. The molecule has 2 aromatic carbocycles. The number of nitrogens with zero attached hydrogens (tertiary/aromatic N) is 1. The van der Waals surface area contributed by atoms with E-state index >= 15 is 0 Å². The summed E-state index contributed by atoms with van der Waals surface area (Å²) in [6.07, 6.45) is 2.69. The molecule has 0 aliphatic carbocycles. The summed E-state index contributed by atoms with van der Waals surface area (Å²) in [5.41, 5.74) is 1.11. The lowest BCUT2D eigenvalue weighted by atomic mass is 9.95. The molecule has 6 nitrogen and oxygen atoms in total. The summed E-state index contributed by atoms with van der Waals surface area (Å²) in [6, 6.07) is 11.2. The summed E-state index contributed by atoms with van der Waals surface area (Å²) in [7, 11) is 3.06. The Balaban J connectivity index is 2.11. The molecule has 31 heavy (non-hydrogen) atoms. The third-order valence-electron chi connectivity index (χ3n) is 5.40. The van der Waals surface area contributed by atoms with Crippen molar-refractivity contribution in [3.63, 3.8) is 0 Å². The van der Waals surface area contributed by atoms with Crippen LogP contribution in [0.2, 0.25) is 5.02 Å². The number of amides is 1. The van der Waals surface area contributed by atoms with Crippen LogP contribution in [0.1, 0.15) is 43.4 Å². The zero-order valence-electron chi connectivity index (χ0n) is 17.9. The van der Waals surface area contributed by atoms with Gasteiger partial charge < -0.3 is 19.5 Å². The Kier molecular flexibility index (Phi) is 7.23. The summed E-state index contributed by atoms with van der Waals surface area (Å²) in [4.78, 5) is 27.4. The number of benzene rings is 2. The molecule has 1 heterocycles. The molecule has 1 amide bonds. The highest BCUT2D eigenvalue weighted by molar-refractivity contribution is 6.46. The Morgan fingerprint density at radius 1 is 1.06 bits per heavy atom. The second-order valence-corrected chi connectivity index (χ2v) is 7.73. The van der Waals surface area contributed by atoms with Crippen molar-refractivity contribution in [2.24, 2.45) is 0 Å². The first-order valence-corrected chi connectivity index (χ1v) is 10.6. The maximum absolute atomic E-state index is 13.0. The molecule has 1 aliphatic heterocycles. The Morgan fingerprint density at radius 2 is 1.77 bits per heavy atom. The van der Waals surface area contributed by atoms with Crippen LogP contribution < -0.4 is 9.47 Å². The van der Waals surface area contributed by atoms with Gasteiger partial charge in [0, 0.05) is 12.1 Å². The van der Waals surface area contributed by atoms with E-state index in [1.165, 1.54) is 18.1 Å². The van der Waals surface area contributed by atoms with Crippen molar-refractivity contribution in [2.45, 2.75) is 32.2 Å². The maximum atomic E-state index is 13.0. The van der Waals surface area contributed by atoms with Gasteiger partial charge >= 0.3 is 0 Å². The quantitative estimate of drug-likeness (QED) is 0.270. The number of aliphatic hydroxyl groups is 1. The monoisotopic (exact) mass is 443 g/mol. The molecule has 1 unspecified atom stereocenters. The first-order chi connectivity index (χ1) is 14.9. The lowest BCUT2D eigenvalue weighted by molar-refractivity contribution is -0.139. The Bertz CT molecular complexity index is 1000. The van der Waals surface area contributed by atoms with E-state index < -0.39 is 17.7 Å². The van der Waals surface area contributed by atoms with Crippen LogP contribution in [0.4, 0.5) is 0 Å². The van der Waals surface area contributed by atoms with E-state index in [2.05, 4.69) is 6.92 Å². The molecule has 7 heteroatoms. The number of hydrogen-bond acceptors (Lipinski definition) is 5. The first kappa shape index (κ1) is 22.7. The number of methoxy groups -OCH3 is 2. The minimum absolute atomic E-state index is 0.0490. The van der Waals surface area contributed by atoms with Gasteiger partial charge in [0.25, 0.3) is 11.7 Å². The van der Waals surface area contributed by atoms with E-state index in [1.807, 2.05) is 0 Å². The van der Waals surface area contributed by atoms with E-state index in [4.69, 9.17) is 21.1 Å². The molecule has 0 spiro atoms. The fourth-order valence-corrected chi connectivity index (χ4v) is 4.00. The zero-order valence-corrected chi connectivity index (χ0v) is 18.6. The minimum atomic E-state index is -0.707.